The molecule has 14 heavy (non-hydrogen) atoms. The number of carbonyl (C=O) groups is 1. The van der Waals surface area contributed by atoms with E-state index in [1.807, 2.05) is 14.1 Å². The van der Waals surface area contributed by atoms with Crippen molar-refractivity contribution in [3.63, 3.8) is 0 Å². The molecule has 1 unspecified atom stereocenters. The van der Waals surface area contributed by atoms with Crippen LogP contribution in [0.2, 0.25) is 0 Å². The molecular formula is C11H21NO2. The van der Waals surface area contributed by atoms with Crippen LogP contribution in [0.1, 0.15) is 38.5 Å². The second-order valence-electron chi connectivity index (χ2n) is 4.53. The molecule has 0 aromatic heterocycles. The van der Waals surface area contributed by atoms with Gasteiger partial charge in [0.25, 0.3) is 0 Å². The van der Waals surface area contributed by atoms with Gasteiger partial charge in [-0.1, -0.05) is 19.3 Å². The molecule has 3 heteroatoms. The molecule has 1 aliphatic rings. The van der Waals surface area contributed by atoms with Crippen LogP contribution in [-0.2, 0) is 4.79 Å². The highest BCUT2D eigenvalue weighted by molar-refractivity contribution is 5.67. The third kappa shape index (κ3) is 3.29. The number of nitrogens with zero attached hydrogens (tertiary/aromatic N) is 1. The van der Waals surface area contributed by atoms with Crippen LogP contribution in [0.4, 0.5) is 0 Å². The minimum absolute atomic E-state index is 0.229. The maximum absolute atomic E-state index is 10.7. The van der Waals surface area contributed by atoms with Crippen LogP contribution in [0.3, 0.4) is 0 Å². The molecule has 0 radical (unpaired) electrons. The smallest absolute Gasteiger partial charge is 0.304 e. The third-order valence-corrected chi connectivity index (χ3v) is 3.24. The van der Waals surface area contributed by atoms with Crippen LogP contribution in [0, 0.1) is 5.92 Å². The lowest BCUT2D eigenvalue weighted by Crippen LogP contribution is -2.38. The highest BCUT2D eigenvalue weighted by Crippen LogP contribution is 2.29. The van der Waals surface area contributed by atoms with E-state index >= 15 is 0 Å². The number of carboxylic acid groups (broad SMARTS) is 1. The molecule has 1 N–H and O–H groups in total. The van der Waals surface area contributed by atoms with Crippen molar-refractivity contribution in [2.75, 3.05) is 14.1 Å². The summed E-state index contributed by atoms with van der Waals surface area (Å²) in [6.45, 7) is 0. The second-order valence-corrected chi connectivity index (χ2v) is 4.53. The molecule has 0 spiro atoms. The summed E-state index contributed by atoms with van der Waals surface area (Å²) in [5.41, 5.74) is 0. The molecule has 1 fully saturated rings. The lowest BCUT2D eigenvalue weighted by atomic mass is 9.82. The summed E-state index contributed by atoms with van der Waals surface area (Å²) in [6, 6.07) is 0.229. The van der Waals surface area contributed by atoms with Crippen molar-refractivity contribution >= 4 is 5.97 Å². The monoisotopic (exact) mass is 199 g/mol. The third-order valence-electron chi connectivity index (χ3n) is 3.24. The van der Waals surface area contributed by atoms with Gasteiger partial charge in [0.05, 0.1) is 6.42 Å². The first-order valence-electron chi connectivity index (χ1n) is 5.49. The van der Waals surface area contributed by atoms with Gasteiger partial charge in [0.2, 0.25) is 0 Å². The molecule has 0 amide bonds. The zero-order valence-electron chi connectivity index (χ0n) is 9.20. The fourth-order valence-corrected chi connectivity index (χ4v) is 2.47. The Labute approximate surface area is 86.1 Å². The Hall–Kier alpha value is -0.570. The van der Waals surface area contributed by atoms with Gasteiger partial charge in [0.15, 0.2) is 0 Å². The molecular weight excluding hydrogens is 178 g/mol. The molecule has 0 heterocycles. The molecule has 1 rings (SSSR count). The first kappa shape index (κ1) is 11.5. The van der Waals surface area contributed by atoms with E-state index in [2.05, 4.69) is 4.90 Å². The van der Waals surface area contributed by atoms with Crippen LogP contribution in [0.25, 0.3) is 0 Å². The maximum atomic E-state index is 10.7. The fourth-order valence-electron chi connectivity index (χ4n) is 2.47. The molecule has 1 saturated carbocycles. The van der Waals surface area contributed by atoms with Crippen molar-refractivity contribution in [1.29, 1.82) is 0 Å². The van der Waals surface area contributed by atoms with E-state index in [9.17, 15) is 4.79 Å². The molecule has 0 bridgehead atoms. The molecule has 0 aromatic carbocycles. The van der Waals surface area contributed by atoms with Gasteiger partial charge in [0, 0.05) is 6.04 Å². The Bertz CT molecular complexity index is 186. The molecule has 3 nitrogen and oxygen atoms in total. The van der Waals surface area contributed by atoms with Crippen molar-refractivity contribution in [2.24, 2.45) is 5.92 Å². The van der Waals surface area contributed by atoms with Crippen LogP contribution < -0.4 is 0 Å². The van der Waals surface area contributed by atoms with Gasteiger partial charge < -0.3 is 10.0 Å². The van der Waals surface area contributed by atoms with Crippen LogP contribution >= 0.6 is 0 Å². The largest absolute Gasteiger partial charge is 0.481 e. The van der Waals surface area contributed by atoms with E-state index in [4.69, 9.17) is 5.11 Å². The van der Waals surface area contributed by atoms with E-state index in [0.717, 1.165) is 0 Å². The van der Waals surface area contributed by atoms with Gasteiger partial charge in [-0.15, -0.1) is 0 Å². The number of rotatable bonds is 4. The summed E-state index contributed by atoms with van der Waals surface area (Å²) in [5, 5.41) is 8.84. The number of carboxylic acids is 1. The van der Waals surface area contributed by atoms with E-state index in [1.54, 1.807) is 0 Å². The predicted octanol–water partition coefficient (Wildman–Crippen LogP) is 1.97. The fraction of sp³-hybridized carbons (Fsp3) is 0.909. The lowest BCUT2D eigenvalue weighted by Gasteiger charge is -2.33. The molecule has 0 aliphatic heterocycles. The Kier molecular flexibility index (Phi) is 4.39. The zero-order chi connectivity index (χ0) is 10.6. The summed E-state index contributed by atoms with van der Waals surface area (Å²) in [7, 11) is 3.98. The maximum Gasteiger partial charge on any atom is 0.304 e. The second kappa shape index (κ2) is 5.35. The van der Waals surface area contributed by atoms with Crippen molar-refractivity contribution in [3.8, 4) is 0 Å². The number of hydrogen-bond acceptors (Lipinski definition) is 2. The minimum Gasteiger partial charge on any atom is -0.481 e. The summed E-state index contributed by atoms with van der Waals surface area (Å²) in [5.74, 6) is -0.0795. The van der Waals surface area contributed by atoms with Crippen LogP contribution in [0.15, 0.2) is 0 Å². The van der Waals surface area contributed by atoms with Gasteiger partial charge in [-0.25, -0.2) is 0 Å². The molecule has 82 valence electrons. The molecule has 0 saturated heterocycles. The summed E-state index contributed by atoms with van der Waals surface area (Å²) >= 11 is 0. The highest BCUT2D eigenvalue weighted by Gasteiger charge is 2.26. The molecule has 1 aliphatic carbocycles. The lowest BCUT2D eigenvalue weighted by molar-refractivity contribution is -0.138. The normalized spacial score (nSPS) is 21.1. The van der Waals surface area contributed by atoms with E-state index in [0.29, 0.717) is 5.92 Å². The van der Waals surface area contributed by atoms with Gasteiger partial charge in [-0.05, 0) is 32.9 Å². The van der Waals surface area contributed by atoms with Crippen molar-refractivity contribution < 1.29 is 9.90 Å². The topological polar surface area (TPSA) is 40.5 Å². The van der Waals surface area contributed by atoms with Crippen molar-refractivity contribution in [3.05, 3.63) is 0 Å². The van der Waals surface area contributed by atoms with E-state index in [-0.39, 0.29) is 12.5 Å². The van der Waals surface area contributed by atoms with E-state index in [1.165, 1.54) is 32.1 Å². The summed E-state index contributed by atoms with van der Waals surface area (Å²) in [6.07, 6.45) is 6.57. The molecule has 1 atom stereocenters. The molecule has 0 aromatic rings. The number of aliphatic carboxylic acids is 1. The number of hydrogen-bond donors (Lipinski definition) is 1. The average molecular weight is 199 g/mol. The van der Waals surface area contributed by atoms with Gasteiger partial charge in [-0.3, -0.25) is 4.79 Å². The Morgan fingerprint density at radius 1 is 1.36 bits per heavy atom. The Morgan fingerprint density at radius 2 is 1.93 bits per heavy atom. The van der Waals surface area contributed by atoms with Crippen molar-refractivity contribution in [2.45, 2.75) is 44.6 Å². The van der Waals surface area contributed by atoms with Crippen LogP contribution in [0.5, 0.6) is 0 Å². The Balaban J connectivity index is 2.51. The summed E-state index contributed by atoms with van der Waals surface area (Å²) < 4.78 is 0. The zero-order valence-corrected chi connectivity index (χ0v) is 9.20. The SMILES string of the molecule is CN(C)C(CC(=O)O)C1CCCCC1. The van der Waals surface area contributed by atoms with E-state index < -0.39 is 5.97 Å². The van der Waals surface area contributed by atoms with Gasteiger partial charge in [0.1, 0.15) is 0 Å². The van der Waals surface area contributed by atoms with Gasteiger partial charge >= 0.3 is 5.97 Å². The predicted molar refractivity (Wildman–Crippen MR) is 56.3 cm³/mol. The highest BCUT2D eigenvalue weighted by atomic mass is 16.4. The first-order valence-corrected chi connectivity index (χ1v) is 5.49. The minimum atomic E-state index is -0.672. The standard InChI is InChI=1S/C11H21NO2/c1-12(2)10(8-11(13)14)9-6-4-3-5-7-9/h9-10H,3-8H2,1-2H3,(H,13,14). The average Bonchev–Trinajstić information content (AvgIpc) is 2.15. The first-order chi connectivity index (χ1) is 6.61. The van der Waals surface area contributed by atoms with Gasteiger partial charge in [-0.2, -0.15) is 0 Å². The quantitative estimate of drug-likeness (QED) is 0.752. The van der Waals surface area contributed by atoms with Crippen LogP contribution in [-0.4, -0.2) is 36.1 Å². The van der Waals surface area contributed by atoms with Crippen molar-refractivity contribution in [1.82, 2.24) is 4.90 Å². The Morgan fingerprint density at radius 3 is 2.36 bits per heavy atom. The summed E-state index contributed by atoms with van der Waals surface area (Å²) in [4.78, 5) is 12.8.